The van der Waals surface area contributed by atoms with E-state index in [-0.39, 0.29) is 6.42 Å². The first kappa shape index (κ1) is 9.73. The van der Waals surface area contributed by atoms with Crippen LogP contribution in [0.15, 0.2) is 18.5 Å². The molecule has 0 fully saturated rings. The Hall–Kier alpha value is -1.36. The van der Waals surface area contributed by atoms with Crippen molar-refractivity contribution in [2.45, 2.75) is 13.0 Å². The molecule has 1 rings (SSSR count). The molecule has 0 radical (unpaired) electrons. The number of hydrogen-bond donors (Lipinski definition) is 2. The average molecular weight is 183 g/mol. The molecule has 2 N–H and O–H groups in total. The Morgan fingerprint density at radius 1 is 1.54 bits per heavy atom. The number of carboxylic acids is 1. The minimum atomic E-state index is -0.772. The van der Waals surface area contributed by atoms with Gasteiger partial charge in [0.1, 0.15) is 0 Å². The smallest absolute Gasteiger partial charge is 0.304 e. The molecule has 13 heavy (non-hydrogen) atoms. The number of aromatic nitrogens is 2. The van der Waals surface area contributed by atoms with Crippen molar-refractivity contribution in [1.82, 2.24) is 15.1 Å². The van der Waals surface area contributed by atoms with Gasteiger partial charge in [0.25, 0.3) is 0 Å². The molecule has 0 aliphatic heterocycles. The van der Waals surface area contributed by atoms with Gasteiger partial charge in [-0.15, -0.1) is 0 Å². The van der Waals surface area contributed by atoms with E-state index in [0.29, 0.717) is 6.54 Å². The Morgan fingerprint density at radius 3 is 3.00 bits per heavy atom. The summed E-state index contributed by atoms with van der Waals surface area (Å²) >= 11 is 0. The predicted octanol–water partition coefficient (Wildman–Crippen LogP) is -0.0526. The summed E-state index contributed by atoms with van der Waals surface area (Å²) < 4.78 is 1.80. The molecule has 1 aromatic rings. The first-order valence-electron chi connectivity index (χ1n) is 4.19. The second-order valence-electron chi connectivity index (χ2n) is 2.66. The Morgan fingerprint density at radius 2 is 2.38 bits per heavy atom. The highest BCUT2D eigenvalue weighted by molar-refractivity contribution is 5.66. The number of rotatable bonds is 6. The predicted molar refractivity (Wildman–Crippen MR) is 47.3 cm³/mol. The van der Waals surface area contributed by atoms with Gasteiger partial charge in [-0.2, -0.15) is 5.10 Å². The van der Waals surface area contributed by atoms with E-state index in [4.69, 9.17) is 5.11 Å². The summed E-state index contributed by atoms with van der Waals surface area (Å²) in [6.07, 6.45) is 3.76. The summed E-state index contributed by atoms with van der Waals surface area (Å²) in [5.41, 5.74) is 0. The van der Waals surface area contributed by atoms with Gasteiger partial charge < -0.3 is 10.4 Å². The van der Waals surface area contributed by atoms with Gasteiger partial charge in [-0.1, -0.05) is 0 Å². The van der Waals surface area contributed by atoms with Gasteiger partial charge >= 0.3 is 5.97 Å². The number of hydrogen-bond acceptors (Lipinski definition) is 3. The fourth-order valence-electron chi connectivity index (χ4n) is 0.947. The van der Waals surface area contributed by atoms with Crippen molar-refractivity contribution in [2.75, 3.05) is 13.1 Å². The summed E-state index contributed by atoms with van der Waals surface area (Å²) in [5.74, 6) is -0.772. The van der Waals surface area contributed by atoms with E-state index in [1.807, 2.05) is 12.3 Å². The first-order valence-corrected chi connectivity index (χ1v) is 4.19. The Labute approximate surface area is 76.4 Å². The van der Waals surface area contributed by atoms with Gasteiger partial charge in [0.2, 0.25) is 0 Å². The summed E-state index contributed by atoms with van der Waals surface area (Å²) in [5, 5.41) is 15.4. The van der Waals surface area contributed by atoms with Crippen LogP contribution in [0.4, 0.5) is 0 Å². The van der Waals surface area contributed by atoms with Crippen LogP contribution >= 0.6 is 0 Å². The lowest BCUT2D eigenvalue weighted by Gasteiger charge is -2.02. The topological polar surface area (TPSA) is 67.2 Å². The number of carbonyl (C=O) groups is 1. The van der Waals surface area contributed by atoms with Crippen molar-refractivity contribution in [2.24, 2.45) is 0 Å². The molecule has 0 spiro atoms. The summed E-state index contributed by atoms with van der Waals surface area (Å²) in [4.78, 5) is 10.1. The van der Waals surface area contributed by atoms with E-state index in [1.54, 1.807) is 10.9 Å². The van der Waals surface area contributed by atoms with Crippen molar-refractivity contribution in [3.05, 3.63) is 18.5 Å². The van der Waals surface area contributed by atoms with Crippen molar-refractivity contribution in [3.8, 4) is 0 Å². The molecule has 0 aliphatic rings. The van der Waals surface area contributed by atoms with Gasteiger partial charge in [0.15, 0.2) is 0 Å². The zero-order chi connectivity index (χ0) is 9.52. The highest BCUT2D eigenvalue weighted by Gasteiger charge is 1.95. The van der Waals surface area contributed by atoms with Crippen molar-refractivity contribution < 1.29 is 9.90 Å². The lowest BCUT2D eigenvalue weighted by molar-refractivity contribution is -0.136. The molecule has 5 nitrogen and oxygen atoms in total. The number of nitrogens with one attached hydrogen (secondary N) is 1. The zero-order valence-electron chi connectivity index (χ0n) is 7.31. The molecule has 1 heterocycles. The zero-order valence-corrected chi connectivity index (χ0v) is 7.31. The van der Waals surface area contributed by atoms with Crippen LogP contribution in [0.3, 0.4) is 0 Å². The number of nitrogens with zero attached hydrogens (tertiary/aromatic N) is 2. The summed E-state index contributed by atoms with van der Waals surface area (Å²) in [7, 11) is 0. The second-order valence-corrected chi connectivity index (χ2v) is 2.66. The van der Waals surface area contributed by atoms with Crippen molar-refractivity contribution in [1.29, 1.82) is 0 Å². The molecule has 0 aromatic carbocycles. The van der Waals surface area contributed by atoms with Crippen molar-refractivity contribution >= 4 is 5.97 Å². The van der Waals surface area contributed by atoms with Crippen LogP contribution in [0.2, 0.25) is 0 Å². The molecule has 1 aromatic heterocycles. The van der Waals surface area contributed by atoms with Gasteiger partial charge in [0.05, 0.1) is 13.0 Å². The Balaban J connectivity index is 1.99. The average Bonchev–Trinajstić information content (AvgIpc) is 2.55. The number of aliphatic carboxylic acids is 1. The third-order valence-electron chi connectivity index (χ3n) is 1.59. The lowest BCUT2D eigenvalue weighted by atomic mass is 10.4. The fraction of sp³-hybridized carbons (Fsp3) is 0.500. The highest BCUT2D eigenvalue weighted by Crippen LogP contribution is 1.82. The van der Waals surface area contributed by atoms with E-state index in [9.17, 15) is 4.79 Å². The van der Waals surface area contributed by atoms with Gasteiger partial charge in [-0.3, -0.25) is 9.48 Å². The maximum Gasteiger partial charge on any atom is 0.304 e. The third-order valence-corrected chi connectivity index (χ3v) is 1.59. The molecule has 0 atom stereocenters. The minimum absolute atomic E-state index is 0.166. The monoisotopic (exact) mass is 183 g/mol. The van der Waals surface area contributed by atoms with Crippen molar-refractivity contribution in [3.63, 3.8) is 0 Å². The fourth-order valence-corrected chi connectivity index (χ4v) is 0.947. The van der Waals surface area contributed by atoms with E-state index < -0.39 is 5.97 Å². The van der Waals surface area contributed by atoms with E-state index in [1.165, 1.54) is 0 Å². The van der Waals surface area contributed by atoms with Crippen LogP contribution in [-0.4, -0.2) is 33.9 Å². The Bertz CT molecular complexity index is 246. The van der Waals surface area contributed by atoms with Crippen LogP contribution < -0.4 is 5.32 Å². The molecule has 0 saturated heterocycles. The van der Waals surface area contributed by atoms with Gasteiger partial charge in [-0.05, 0) is 6.07 Å². The van der Waals surface area contributed by atoms with E-state index >= 15 is 0 Å². The molecule has 0 unspecified atom stereocenters. The standard InChI is InChI=1S/C8H13N3O2/c12-8(13)2-4-9-5-7-11-6-1-3-10-11/h1,3,6,9H,2,4-5,7H2,(H,12,13). The van der Waals surface area contributed by atoms with Crippen LogP contribution in [0.25, 0.3) is 0 Å². The third kappa shape index (κ3) is 4.27. The van der Waals surface area contributed by atoms with Gasteiger partial charge in [0, 0.05) is 25.5 Å². The summed E-state index contributed by atoms with van der Waals surface area (Å²) in [6, 6.07) is 1.86. The molecule has 5 heteroatoms. The maximum atomic E-state index is 10.1. The summed E-state index contributed by atoms with van der Waals surface area (Å²) in [6.45, 7) is 2.03. The van der Waals surface area contributed by atoms with E-state index in [2.05, 4.69) is 10.4 Å². The molecular formula is C8H13N3O2. The van der Waals surface area contributed by atoms with Crippen LogP contribution in [-0.2, 0) is 11.3 Å². The molecule has 72 valence electrons. The van der Waals surface area contributed by atoms with E-state index in [0.717, 1.165) is 13.1 Å². The Kier molecular flexibility index (Phi) is 3.98. The van der Waals surface area contributed by atoms with Crippen LogP contribution in [0.1, 0.15) is 6.42 Å². The molecule has 0 saturated carbocycles. The highest BCUT2D eigenvalue weighted by atomic mass is 16.4. The largest absolute Gasteiger partial charge is 0.481 e. The van der Waals surface area contributed by atoms with Crippen LogP contribution in [0.5, 0.6) is 0 Å². The molecule has 0 aliphatic carbocycles. The maximum absolute atomic E-state index is 10.1. The van der Waals surface area contributed by atoms with Gasteiger partial charge in [-0.25, -0.2) is 0 Å². The minimum Gasteiger partial charge on any atom is -0.481 e. The molecule has 0 amide bonds. The SMILES string of the molecule is O=C(O)CCNCCn1cccn1. The van der Waals surface area contributed by atoms with Crippen LogP contribution in [0, 0.1) is 0 Å². The number of carboxylic acid groups (broad SMARTS) is 1. The second kappa shape index (κ2) is 5.31. The first-order chi connectivity index (χ1) is 6.29. The molecular weight excluding hydrogens is 170 g/mol. The lowest BCUT2D eigenvalue weighted by Crippen LogP contribution is -2.22. The quantitative estimate of drug-likeness (QED) is 0.607. The normalized spacial score (nSPS) is 10.2. The molecule has 0 bridgehead atoms.